The summed E-state index contributed by atoms with van der Waals surface area (Å²) >= 11 is 6.40. The number of hydrogen-bond donors (Lipinski definition) is 2. The zero-order valence-corrected chi connectivity index (χ0v) is 10.6. The van der Waals surface area contributed by atoms with Gasteiger partial charge in [0.2, 0.25) is 0 Å². The van der Waals surface area contributed by atoms with Crippen molar-refractivity contribution in [2.24, 2.45) is 5.92 Å². The molecule has 3 unspecified atom stereocenters. The topological polar surface area (TPSA) is 84.3 Å². The standard InChI is InChI=1S/C12H11ClN2O4/c1-2-12(13)7-5-11(7,6-16)19-9(12)15-4-3-8(17)14-10(15)18/h1,3-4,7,9,16H,5-6H2,(H,14,17,18)/t7?,9-,11?,12?/m1/s1. The van der Waals surface area contributed by atoms with Gasteiger partial charge in [0.1, 0.15) is 5.60 Å². The normalized spacial score (nSPS) is 39.6. The Morgan fingerprint density at radius 3 is 3.00 bits per heavy atom. The summed E-state index contributed by atoms with van der Waals surface area (Å²) in [6.45, 7) is -0.206. The van der Waals surface area contributed by atoms with Crippen molar-refractivity contribution >= 4 is 11.6 Å². The highest BCUT2D eigenvalue weighted by Crippen LogP contribution is 2.66. The van der Waals surface area contributed by atoms with E-state index in [0.717, 1.165) is 4.57 Å². The molecular formula is C12H11ClN2O4. The fourth-order valence-corrected chi connectivity index (χ4v) is 3.11. The molecule has 1 aromatic heterocycles. The summed E-state index contributed by atoms with van der Waals surface area (Å²) in [5.41, 5.74) is -1.93. The van der Waals surface area contributed by atoms with Gasteiger partial charge in [-0.1, -0.05) is 17.5 Å². The molecule has 0 bridgehead atoms. The second kappa shape index (κ2) is 3.73. The van der Waals surface area contributed by atoms with Crippen LogP contribution in [0.25, 0.3) is 0 Å². The van der Waals surface area contributed by atoms with Gasteiger partial charge in [0.05, 0.1) is 6.61 Å². The summed E-state index contributed by atoms with van der Waals surface area (Å²) in [6, 6.07) is 1.19. The number of alkyl halides is 1. The third-order valence-corrected chi connectivity index (χ3v) is 4.39. The van der Waals surface area contributed by atoms with Crippen LogP contribution in [0, 0.1) is 18.3 Å². The van der Waals surface area contributed by atoms with Gasteiger partial charge in [0.15, 0.2) is 11.1 Å². The Balaban J connectivity index is 2.09. The van der Waals surface area contributed by atoms with Gasteiger partial charge >= 0.3 is 5.69 Å². The molecule has 0 aromatic carbocycles. The Morgan fingerprint density at radius 2 is 2.42 bits per heavy atom. The molecule has 1 saturated carbocycles. The van der Waals surface area contributed by atoms with Gasteiger partial charge in [-0.15, -0.1) is 6.42 Å². The van der Waals surface area contributed by atoms with Crippen molar-refractivity contribution in [3.05, 3.63) is 33.1 Å². The van der Waals surface area contributed by atoms with Gasteiger partial charge in [-0.25, -0.2) is 4.79 Å². The molecule has 19 heavy (non-hydrogen) atoms. The van der Waals surface area contributed by atoms with Gasteiger partial charge in [-0.3, -0.25) is 14.3 Å². The Morgan fingerprint density at radius 1 is 1.68 bits per heavy atom. The average Bonchev–Trinajstić information content (AvgIpc) is 3.06. The monoisotopic (exact) mass is 282 g/mol. The lowest BCUT2D eigenvalue weighted by Crippen LogP contribution is -2.40. The number of nitrogens with one attached hydrogen (secondary N) is 1. The summed E-state index contributed by atoms with van der Waals surface area (Å²) in [5.74, 6) is 2.25. The highest BCUT2D eigenvalue weighted by Gasteiger charge is 2.74. The molecule has 1 saturated heterocycles. The van der Waals surface area contributed by atoms with Gasteiger partial charge in [-0.2, -0.15) is 0 Å². The molecule has 6 nitrogen and oxygen atoms in total. The van der Waals surface area contributed by atoms with Crippen molar-refractivity contribution in [3.8, 4) is 12.3 Å². The van der Waals surface area contributed by atoms with Crippen LogP contribution in [-0.2, 0) is 4.74 Å². The Labute approximate surface area is 113 Å². The first-order valence-electron chi connectivity index (χ1n) is 5.74. The first-order chi connectivity index (χ1) is 8.97. The molecule has 100 valence electrons. The molecule has 1 aliphatic heterocycles. The second-order valence-corrected chi connectivity index (χ2v) is 5.51. The lowest BCUT2D eigenvalue weighted by molar-refractivity contribution is -0.0658. The number of halogens is 1. The number of aromatic amines is 1. The molecular weight excluding hydrogens is 272 g/mol. The van der Waals surface area contributed by atoms with E-state index in [1.165, 1.54) is 12.3 Å². The SMILES string of the molecule is C#CC1(Cl)C2CC2(CO)O[C@H]1n1ccc(=O)[nH]c1=O. The number of aliphatic hydroxyl groups excluding tert-OH is 1. The smallest absolute Gasteiger partial charge is 0.330 e. The van der Waals surface area contributed by atoms with E-state index in [1.54, 1.807) is 0 Å². The third kappa shape index (κ3) is 1.53. The number of hydrogen-bond acceptors (Lipinski definition) is 4. The van der Waals surface area contributed by atoms with Crippen molar-refractivity contribution in [1.82, 2.24) is 9.55 Å². The lowest BCUT2D eigenvalue weighted by atomic mass is 10.0. The Hall–Kier alpha value is -1.55. The van der Waals surface area contributed by atoms with Crippen LogP contribution in [0.15, 0.2) is 21.9 Å². The van der Waals surface area contributed by atoms with E-state index >= 15 is 0 Å². The van der Waals surface area contributed by atoms with E-state index in [4.69, 9.17) is 22.8 Å². The summed E-state index contributed by atoms with van der Waals surface area (Å²) in [5, 5.41) is 9.38. The van der Waals surface area contributed by atoms with E-state index in [2.05, 4.69) is 10.9 Å². The number of H-pyrrole nitrogens is 1. The molecule has 2 fully saturated rings. The van der Waals surface area contributed by atoms with Gasteiger partial charge < -0.3 is 9.84 Å². The van der Waals surface area contributed by atoms with Crippen LogP contribution in [0.3, 0.4) is 0 Å². The molecule has 2 aliphatic rings. The van der Waals surface area contributed by atoms with Crippen LogP contribution in [-0.4, -0.2) is 31.7 Å². The third-order valence-electron chi connectivity index (χ3n) is 3.83. The predicted octanol–water partition coefficient (Wildman–Crippen LogP) is -0.573. The maximum Gasteiger partial charge on any atom is 0.330 e. The molecule has 2 N–H and O–H groups in total. The second-order valence-electron chi connectivity index (χ2n) is 4.88. The van der Waals surface area contributed by atoms with E-state index in [9.17, 15) is 14.7 Å². The molecule has 7 heteroatoms. The van der Waals surface area contributed by atoms with Crippen LogP contribution >= 0.6 is 11.6 Å². The van der Waals surface area contributed by atoms with Crippen LogP contribution < -0.4 is 11.2 Å². The molecule has 0 amide bonds. The van der Waals surface area contributed by atoms with Crippen LogP contribution in [0.4, 0.5) is 0 Å². The number of aliphatic hydroxyl groups is 1. The van der Waals surface area contributed by atoms with E-state index < -0.39 is 28.0 Å². The van der Waals surface area contributed by atoms with Crippen molar-refractivity contribution in [1.29, 1.82) is 0 Å². The van der Waals surface area contributed by atoms with Crippen LogP contribution in [0.1, 0.15) is 12.6 Å². The maximum atomic E-state index is 11.8. The molecule has 3 rings (SSSR count). The summed E-state index contributed by atoms with van der Waals surface area (Å²) in [6.07, 6.45) is 6.42. The minimum Gasteiger partial charge on any atom is -0.393 e. The minimum atomic E-state index is -1.20. The summed E-state index contributed by atoms with van der Waals surface area (Å²) in [4.78, 5) is 23.8. The zero-order valence-electron chi connectivity index (χ0n) is 9.80. The Bertz CT molecular complexity index is 690. The molecule has 1 aromatic rings. The largest absolute Gasteiger partial charge is 0.393 e. The number of ether oxygens (including phenoxy) is 1. The van der Waals surface area contributed by atoms with Crippen LogP contribution in [0.2, 0.25) is 0 Å². The fourth-order valence-electron chi connectivity index (χ4n) is 2.68. The quantitative estimate of drug-likeness (QED) is 0.562. The fraction of sp³-hybridized carbons (Fsp3) is 0.500. The van der Waals surface area contributed by atoms with Gasteiger partial charge in [0.25, 0.3) is 5.56 Å². The predicted molar refractivity (Wildman–Crippen MR) is 66.8 cm³/mol. The number of nitrogens with zero attached hydrogens (tertiary/aromatic N) is 1. The highest BCUT2D eigenvalue weighted by atomic mass is 35.5. The minimum absolute atomic E-state index is 0.206. The van der Waals surface area contributed by atoms with Gasteiger partial charge in [0, 0.05) is 18.2 Å². The molecule has 0 radical (unpaired) electrons. The van der Waals surface area contributed by atoms with Crippen molar-refractivity contribution < 1.29 is 9.84 Å². The van der Waals surface area contributed by atoms with Crippen LogP contribution in [0.5, 0.6) is 0 Å². The van der Waals surface area contributed by atoms with E-state index in [1.807, 2.05) is 0 Å². The number of rotatable bonds is 2. The summed E-state index contributed by atoms with van der Waals surface area (Å²) in [7, 11) is 0. The maximum absolute atomic E-state index is 11.8. The summed E-state index contributed by atoms with van der Waals surface area (Å²) < 4.78 is 6.85. The number of aromatic nitrogens is 2. The first-order valence-corrected chi connectivity index (χ1v) is 6.11. The van der Waals surface area contributed by atoms with E-state index in [0.29, 0.717) is 6.42 Å². The Kier molecular flexibility index (Phi) is 2.45. The highest BCUT2D eigenvalue weighted by molar-refractivity contribution is 6.27. The number of fused-ring (bicyclic) bond motifs is 1. The average molecular weight is 283 g/mol. The van der Waals surface area contributed by atoms with Crippen molar-refractivity contribution in [2.75, 3.05) is 6.61 Å². The molecule has 1 aliphatic carbocycles. The van der Waals surface area contributed by atoms with E-state index in [-0.39, 0.29) is 12.5 Å². The van der Waals surface area contributed by atoms with Crippen molar-refractivity contribution in [3.63, 3.8) is 0 Å². The number of terminal acetylenes is 1. The molecule has 0 spiro atoms. The van der Waals surface area contributed by atoms with Gasteiger partial charge in [-0.05, 0) is 6.42 Å². The molecule has 2 heterocycles. The van der Waals surface area contributed by atoms with Crippen molar-refractivity contribution in [2.45, 2.75) is 23.1 Å². The lowest BCUT2D eigenvalue weighted by Gasteiger charge is -2.27. The first kappa shape index (κ1) is 12.5. The molecule has 4 atom stereocenters. The zero-order chi connectivity index (χ0) is 13.8.